The van der Waals surface area contributed by atoms with E-state index in [4.69, 9.17) is 4.98 Å². The molecular weight excluding hydrogens is 460 g/mol. The molecular formula is C31H44N4O2. The van der Waals surface area contributed by atoms with Crippen molar-refractivity contribution in [3.05, 3.63) is 30.1 Å². The summed E-state index contributed by atoms with van der Waals surface area (Å²) < 4.78 is 2.59. The Hall–Kier alpha value is -1.92. The minimum atomic E-state index is -0.731. The van der Waals surface area contributed by atoms with Crippen LogP contribution in [-0.2, 0) is 4.79 Å². The van der Waals surface area contributed by atoms with Crippen LogP contribution in [0.25, 0.3) is 11.0 Å². The van der Waals surface area contributed by atoms with Crippen molar-refractivity contribution in [2.75, 3.05) is 13.1 Å². The van der Waals surface area contributed by atoms with Crippen molar-refractivity contribution in [2.45, 2.75) is 120 Å². The molecule has 0 spiro atoms. The number of nitrogens with zero attached hydrogens (tertiary/aromatic N) is 4. The number of carboxylic acids is 1. The van der Waals surface area contributed by atoms with Crippen LogP contribution in [0.3, 0.4) is 0 Å². The van der Waals surface area contributed by atoms with E-state index in [1.54, 1.807) is 0 Å². The summed E-state index contributed by atoms with van der Waals surface area (Å²) in [6, 6.07) is 11.4. The number of carbonyl (C=O) groups is 1. The van der Waals surface area contributed by atoms with Gasteiger partial charge in [0, 0.05) is 24.2 Å². The number of likely N-dealkylation sites (tertiary alicyclic amines) is 1. The molecule has 1 aromatic heterocycles. The molecule has 2 saturated carbocycles. The van der Waals surface area contributed by atoms with Crippen molar-refractivity contribution in [1.82, 2.24) is 19.4 Å². The molecule has 2 aliphatic carbocycles. The normalized spacial score (nSPS) is 37.0. The number of benzene rings is 1. The molecule has 7 rings (SSSR count). The average molecular weight is 505 g/mol. The fraction of sp³-hybridized carbons (Fsp3) is 0.742. The summed E-state index contributed by atoms with van der Waals surface area (Å²) in [5.41, 5.74) is 2.32. The van der Waals surface area contributed by atoms with Gasteiger partial charge in [-0.1, -0.05) is 44.2 Å². The molecule has 37 heavy (non-hydrogen) atoms. The molecule has 1 unspecified atom stereocenters. The number of carboxylic acid groups (broad SMARTS) is 1. The van der Waals surface area contributed by atoms with Crippen molar-refractivity contribution in [3.63, 3.8) is 0 Å². The van der Waals surface area contributed by atoms with Gasteiger partial charge in [-0.3, -0.25) is 14.6 Å². The van der Waals surface area contributed by atoms with Crippen molar-refractivity contribution >= 4 is 17.0 Å². The van der Waals surface area contributed by atoms with Gasteiger partial charge in [0.05, 0.1) is 23.6 Å². The topological polar surface area (TPSA) is 61.6 Å². The molecule has 2 aromatic rings. The molecule has 4 heterocycles. The van der Waals surface area contributed by atoms with Gasteiger partial charge in [0.25, 0.3) is 0 Å². The first-order chi connectivity index (χ1) is 18.1. The molecule has 3 saturated heterocycles. The Morgan fingerprint density at radius 3 is 2.27 bits per heavy atom. The maximum atomic E-state index is 11.6. The number of hydrogen-bond acceptors (Lipinski definition) is 4. The number of aromatic nitrogens is 2. The van der Waals surface area contributed by atoms with Crippen LogP contribution in [0.15, 0.2) is 24.3 Å². The van der Waals surface area contributed by atoms with Gasteiger partial charge in [-0.05, 0) is 88.3 Å². The summed E-state index contributed by atoms with van der Waals surface area (Å²) >= 11 is 0. The van der Waals surface area contributed by atoms with Crippen LogP contribution in [-0.4, -0.2) is 61.6 Å². The Kier molecular flexibility index (Phi) is 6.52. The number of fused-ring (bicyclic) bond motifs is 5. The van der Waals surface area contributed by atoms with E-state index >= 15 is 0 Å². The number of imidazole rings is 1. The Labute approximate surface area is 221 Å². The third-order valence-corrected chi connectivity index (χ3v) is 10.8. The minimum absolute atomic E-state index is 0.113. The lowest BCUT2D eigenvalue weighted by Crippen LogP contribution is -2.58. The molecule has 200 valence electrons. The van der Waals surface area contributed by atoms with Crippen LogP contribution in [0, 0.1) is 11.8 Å². The zero-order chi connectivity index (χ0) is 24.9. The Morgan fingerprint density at radius 1 is 0.811 bits per heavy atom. The van der Waals surface area contributed by atoms with E-state index in [2.05, 4.69) is 38.6 Å². The zero-order valence-corrected chi connectivity index (χ0v) is 22.3. The average Bonchev–Trinajstić information content (AvgIpc) is 3.45. The third kappa shape index (κ3) is 4.52. The molecule has 4 bridgehead atoms. The first-order valence-electron chi connectivity index (χ1n) is 15.3. The van der Waals surface area contributed by atoms with Crippen molar-refractivity contribution in [1.29, 1.82) is 0 Å². The number of para-hydroxylation sites is 2. The minimum Gasteiger partial charge on any atom is -0.480 e. The van der Waals surface area contributed by atoms with Gasteiger partial charge in [-0.2, -0.15) is 0 Å². The Bertz CT molecular complexity index is 1100. The van der Waals surface area contributed by atoms with Gasteiger partial charge in [0.15, 0.2) is 0 Å². The quantitative estimate of drug-likeness (QED) is 0.527. The van der Waals surface area contributed by atoms with Gasteiger partial charge >= 0.3 is 5.97 Å². The molecule has 0 amide bonds. The fourth-order valence-electron chi connectivity index (χ4n) is 9.47. The molecule has 5 aliphatic rings. The van der Waals surface area contributed by atoms with Crippen LogP contribution in [0.2, 0.25) is 0 Å². The zero-order valence-electron chi connectivity index (χ0n) is 22.3. The van der Waals surface area contributed by atoms with Crippen molar-refractivity contribution < 1.29 is 9.90 Å². The molecule has 7 atom stereocenters. The van der Waals surface area contributed by atoms with Crippen LogP contribution in [0.1, 0.15) is 108 Å². The molecule has 0 radical (unpaired) electrons. The lowest BCUT2D eigenvalue weighted by molar-refractivity contribution is -0.138. The van der Waals surface area contributed by atoms with Gasteiger partial charge < -0.3 is 9.67 Å². The second-order valence-electron chi connectivity index (χ2n) is 13.0. The molecule has 3 aliphatic heterocycles. The van der Waals surface area contributed by atoms with Crippen LogP contribution < -0.4 is 0 Å². The molecule has 6 heteroatoms. The number of aliphatic carboxylic acids is 1. The van der Waals surface area contributed by atoms with Gasteiger partial charge in [0.1, 0.15) is 5.82 Å². The van der Waals surface area contributed by atoms with E-state index < -0.39 is 5.97 Å². The summed E-state index contributed by atoms with van der Waals surface area (Å²) in [5, 5.41) is 9.56. The molecule has 1 aromatic carbocycles. The van der Waals surface area contributed by atoms with E-state index in [0.29, 0.717) is 18.1 Å². The molecule has 1 N–H and O–H groups in total. The van der Waals surface area contributed by atoms with E-state index in [0.717, 1.165) is 48.6 Å². The Balaban J connectivity index is 1.20. The van der Waals surface area contributed by atoms with Crippen LogP contribution >= 0.6 is 0 Å². The number of hydrogen-bond donors (Lipinski definition) is 1. The highest BCUT2D eigenvalue weighted by Gasteiger charge is 2.46. The predicted octanol–water partition coefficient (Wildman–Crippen LogP) is 6.17. The van der Waals surface area contributed by atoms with Crippen LogP contribution in [0.5, 0.6) is 0 Å². The lowest BCUT2D eigenvalue weighted by Gasteiger charge is -2.55. The number of rotatable bonds is 5. The van der Waals surface area contributed by atoms with E-state index in [9.17, 15) is 9.90 Å². The summed E-state index contributed by atoms with van der Waals surface area (Å²) in [4.78, 5) is 22.0. The van der Waals surface area contributed by atoms with Gasteiger partial charge in [-0.25, -0.2) is 4.98 Å². The monoisotopic (exact) mass is 504 g/mol. The molecule has 6 nitrogen and oxygen atoms in total. The van der Waals surface area contributed by atoms with E-state index in [1.165, 1.54) is 82.6 Å². The highest BCUT2D eigenvalue weighted by Crippen LogP contribution is 2.48. The van der Waals surface area contributed by atoms with E-state index in [1.807, 2.05) is 0 Å². The Morgan fingerprint density at radius 2 is 1.54 bits per heavy atom. The predicted molar refractivity (Wildman–Crippen MR) is 146 cm³/mol. The highest BCUT2D eigenvalue weighted by molar-refractivity contribution is 5.76. The SMILES string of the molecule is O=C(O)CN1CCC[C@H]1c1nc2ccccc2n1[C@H]1C[C@H]2CCC[C@@H](C1)N2C1C[C@H]2CCCC[C@@H](C1)C2. The van der Waals surface area contributed by atoms with Crippen LogP contribution in [0.4, 0.5) is 0 Å². The lowest BCUT2D eigenvalue weighted by atomic mass is 9.73. The first-order valence-corrected chi connectivity index (χ1v) is 15.3. The maximum Gasteiger partial charge on any atom is 0.317 e. The largest absolute Gasteiger partial charge is 0.480 e. The van der Waals surface area contributed by atoms with Crippen molar-refractivity contribution in [3.8, 4) is 0 Å². The second-order valence-corrected chi connectivity index (χ2v) is 13.0. The first kappa shape index (κ1) is 24.1. The maximum absolute atomic E-state index is 11.6. The van der Waals surface area contributed by atoms with Gasteiger partial charge in [-0.15, -0.1) is 0 Å². The van der Waals surface area contributed by atoms with Crippen molar-refractivity contribution in [2.24, 2.45) is 11.8 Å². The number of piperidine rings is 2. The van der Waals surface area contributed by atoms with E-state index in [-0.39, 0.29) is 12.6 Å². The fourth-order valence-corrected chi connectivity index (χ4v) is 9.47. The summed E-state index contributed by atoms with van der Waals surface area (Å²) in [6.07, 6.45) is 18.8. The smallest absolute Gasteiger partial charge is 0.317 e. The molecule has 5 fully saturated rings. The summed E-state index contributed by atoms with van der Waals surface area (Å²) in [5.74, 6) is 2.33. The second kappa shape index (κ2) is 10.00. The van der Waals surface area contributed by atoms with Gasteiger partial charge in [0.2, 0.25) is 0 Å². The third-order valence-electron chi connectivity index (χ3n) is 10.8. The standard InChI is InChI=1S/C31H44N4O2/c36-30(37)20-33-14-6-13-29(33)31-32-27-11-3-4-12-28(27)35(31)26-18-23-9-5-10-24(19-26)34(23)25-16-21-7-1-2-8-22(15-21)17-25/h3-4,11-12,21-26,29H,1-2,5-10,13-20H2,(H,36,37)/t21-,22+,23-,24+,25?,26+,29-/m0/s1. The highest BCUT2D eigenvalue weighted by atomic mass is 16.4. The summed E-state index contributed by atoms with van der Waals surface area (Å²) in [6.45, 7) is 0.968. The summed E-state index contributed by atoms with van der Waals surface area (Å²) in [7, 11) is 0.